The van der Waals surface area contributed by atoms with Gasteiger partial charge in [0.1, 0.15) is 29.6 Å². The highest BCUT2D eigenvalue weighted by molar-refractivity contribution is 6.05. The van der Waals surface area contributed by atoms with Gasteiger partial charge in [0, 0.05) is 17.2 Å². The number of aromatic hydroxyl groups is 3. The molecule has 0 bridgehead atoms. The van der Waals surface area contributed by atoms with Crippen molar-refractivity contribution in [3.8, 4) is 23.0 Å². The number of benzene rings is 2. The maximum Gasteiger partial charge on any atom is 0.177 e. The van der Waals surface area contributed by atoms with Gasteiger partial charge in [0.2, 0.25) is 0 Å². The van der Waals surface area contributed by atoms with Crippen LogP contribution in [-0.4, -0.2) is 39.4 Å². The molecule has 0 aliphatic carbocycles. The lowest BCUT2D eigenvalue weighted by atomic mass is 9.87. The van der Waals surface area contributed by atoms with Crippen LogP contribution in [0.5, 0.6) is 23.0 Å². The summed E-state index contributed by atoms with van der Waals surface area (Å²) in [6.45, 7) is 1.70. The Balaban J connectivity index is 1.98. The molecule has 2 aromatic carbocycles. The molecule has 1 heterocycles. The normalized spacial score (nSPS) is 16.9. The number of hydrogen-bond acceptors (Lipinski definition) is 6. The van der Waals surface area contributed by atoms with Crippen molar-refractivity contribution in [1.82, 2.24) is 0 Å². The number of allylic oxidation sites excluding steroid dienone is 1. The van der Waals surface area contributed by atoms with Crippen molar-refractivity contribution in [2.45, 2.75) is 19.3 Å². The predicted octanol–water partition coefficient (Wildman–Crippen LogP) is 2.64. The van der Waals surface area contributed by atoms with Crippen molar-refractivity contribution in [3.05, 3.63) is 58.7 Å². The molecule has 0 saturated carbocycles. The molecule has 1 aliphatic rings. The van der Waals surface area contributed by atoms with Crippen molar-refractivity contribution < 1.29 is 30.0 Å². The van der Waals surface area contributed by atoms with E-state index in [-0.39, 0.29) is 36.2 Å². The van der Waals surface area contributed by atoms with Crippen LogP contribution in [0.3, 0.4) is 0 Å². The highest BCUT2D eigenvalue weighted by atomic mass is 16.5. The predicted molar refractivity (Wildman–Crippen MR) is 95.0 cm³/mol. The SMILES string of the molecule is C/C(=C\Cc1c(O)ccc2c1OCC(c1ccc(O)cc1O)C2=O)CO. The fraction of sp³-hybridized carbons (Fsp3) is 0.250. The Labute approximate surface area is 150 Å². The van der Waals surface area contributed by atoms with E-state index in [1.807, 2.05) is 0 Å². The van der Waals surface area contributed by atoms with Gasteiger partial charge < -0.3 is 25.2 Å². The number of hydrogen-bond donors (Lipinski definition) is 4. The third kappa shape index (κ3) is 3.23. The number of carbonyl (C=O) groups excluding carboxylic acids is 1. The summed E-state index contributed by atoms with van der Waals surface area (Å²) in [5.41, 5.74) is 1.94. The highest BCUT2D eigenvalue weighted by Gasteiger charge is 2.33. The third-order valence-corrected chi connectivity index (χ3v) is 4.51. The third-order valence-electron chi connectivity index (χ3n) is 4.51. The standard InChI is InChI=1S/C20H20O6/c1-11(9-21)2-4-14-17(23)7-6-15-19(25)16(10-26-20(14)15)13-5-3-12(22)8-18(13)24/h2-3,5-8,16,21-24H,4,9-10H2,1H3/b11-2+. The Morgan fingerprint density at radius 2 is 1.96 bits per heavy atom. The number of phenolic OH excluding ortho intramolecular Hbond substituents is 3. The lowest BCUT2D eigenvalue weighted by Crippen LogP contribution is -2.26. The summed E-state index contributed by atoms with van der Waals surface area (Å²) in [5, 5.41) is 38.7. The molecule has 136 valence electrons. The summed E-state index contributed by atoms with van der Waals surface area (Å²) in [6, 6.07) is 7.03. The lowest BCUT2D eigenvalue weighted by Gasteiger charge is -2.27. The minimum absolute atomic E-state index is 0.0172. The molecule has 1 atom stereocenters. The van der Waals surface area contributed by atoms with Crippen LogP contribution in [0.25, 0.3) is 0 Å². The van der Waals surface area contributed by atoms with Gasteiger partial charge in [0.25, 0.3) is 0 Å². The number of aliphatic hydroxyl groups is 1. The summed E-state index contributed by atoms with van der Waals surface area (Å²) >= 11 is 0. The molecular weight excluding hydrogens is 336 g/mol. The van der Waals surface area contributed by atoms with E-state index in [2.05, 4.69) is 0 Å². The van der Waals surface area contributed by atoms with Crippen molar-refractivity contribution in [1.29, 1.82) is 0 Å². The molecule has 0 spiro atoms. The number of carbonyl (C=O) groups is 1. The molecule has 26 heavy (non-hydrogen) atoms. The zero-order valence-electron chi connectivity index (χ0n) is 14.3. The maximum atomic E-state index is 12.9. The second-order valence-corrected chi connectivity index (χ2v) is 6.32. The molecule has 6 nitrogen and oxygen atoms in total. The van der Waals surface area contributed by atoms with Crippen molar-refractivity contribution >= 4 is 5.78 Å². The minimum Gasteiger partial charge on any atom is -0.508 e. The van der Waals surface area contributed by atoms with E-state index in [0.717, 1.165) is 5.57 Å². The first-order chi connectivity index (χ1) is 12.4. The fourth-order valence-corrected chi connectivity index (χ4v) is 3.00. The molecule has 0 saturated heterocycles. The van der Waals surface area contributed by atoms with Crippen molar-refractivity contribution in [3.63, 3.8) is 0 Å². The van der Waals surface area contributed by atoms with Crippen LogP contribution >= 0.6 is 0 Å². The summed E-state index contributed by atoms with van der Waals surface area (Å²) < 4.78 is 5.78. The zero-order valence-corrected chi connectivity index (χ0v) is 14.3. The van der Waals surface area contributed by atoms with Gasteiger partial charge in [-0.05, 0) is 31.5 Å². The van der Waals surface area contributed by atoms with Gasteiger partial charge in [0.15, 0.2) is 5.78 Å². The average molecular weight is 356 g/mol. The smallest absolute Gasteiger partial charge is 0.177 e. The lowest BCUT2D eigenvalue weighted by molar-refractivity contribution is 0.0892. The molecule has 2 aromatic rings. The Kier molecular flexibility index (Phi) is 4.86. The quantitative estimate of drug-likeness (QED) is 0.628. The Morgan fingerprint density at radius 1 is 1.19 bits per heavy atom. The molecule has 0 fully saturated rings. The second-order valence-electron chi connectivity index (χ2n) is 6.32. The molecule has 4 N–H and O–H groups in total. The monoisotopic (exact) mass is 356 g/mol. The van der Waals surface area contributed by atoms with Crippen LogP contribution in [0.15, 0.2) is 42.0 Å². The first kappa shape index (κ1) is 17.8. The molecular formula is C20H20O6. The van der Waals surface area contributed by atoms with Crippen LogP contribution < -0.4 is 4.74 Å². The van der Waals surface area contributed by atoms with E-state index in [4.69, 9.17) is 9.84 Å². The van der Waals surface area contributed by atoms with Gasteiger partial charge in [-0.2, -0.15) is 0 Å². The van der Waals surface area contributed by atoms with Gasteiger partial charge >= 0.3 is 0 Å². The summed E-state index contributed by atoms with van der Waals surface area (Å²) in [4.78, 5) is 12.9. The van der Waals surface area contributed by atoms with E-state index in [9.17, 15) is 20.1 Å². The van der Waals surface area contributed by atoms with E-state index in [0.29, 0.717) is 28.9 Å². The first-order valence-electron chi connectivity index (χ1n) is 8.22. The van der Waals surface area contributed by atoms with Gasteiger partial charge in [-0.3, -0.25) is 4.79 Å². The average Bonchev–Trinajstić information content (AvgIpc) is 2.61. The fourth-order valence-electron chi connectivity index (χ4n) is 3.00. The van der Waals surface area contributed by atoms with Gasteiger partial charge in [-0.25, -0.2) is 0 Å². The Hall–Kier alpha value is -2.99. The van der Waals surface area contributed by atoms with Crippen LogP contribution in [0.4, 0.5) is 0 Å². The minimum atomic E-state index is -0.699. The van der Waals surface area contributed by atoms with Crippen molar-refractivity contribution in [2.75, 3.05) is 13.2 Å². The summed E-state index contributed by atoms with van der Waals surface area (Å²) in [5.74, 6) is -0.840. The van der Waals surface area contributed by atoms with Crippen LogP contribution in [0, 0.1) is 0 Å². The number of ketones is 1. The number of fused-ring (bicyclic) bond motifs is 1. The van der Waals surface area contributed by atoms with Crippen LogP contribution in [0.2, 0.25) is 0 Å². The first-order valence-corrected chi connectivity index (χ1v) is 8.22. The topological polar surface area (TPSA) is 107 Å². The van der Waals surface area contributed by atoms with Crippen molar-refractivity contribution in [2.24, 2.45) is 0 Å². The molecule has 1 unspecified atom stereocenters. The number of Topliss-reactive ketones (excluding diaryl/α,β-unsaturated/α-hetero) is 1. The largest absolute Gasteiger partial charge is 0.508 e. The number of rotatable bonds is 4. The maximum absolute atomic E-state index is 12.9. The van der Waals surface area contributed by atoms with Gasteiger partial charge in [-0.1, -0.05) is 17.7 Å². The molecule has 0 radical (unpaired) electrons. The number of aliphatic hydroxyl groups excluding tert-OH is 1. The number of ether oxygens (including phenoxy) is 1. The zero-order chi connectivity index (χ0) is 18.8. The molecule has 6 heteroatoms. The Bertz CT molecular complexity index is 884. The van der Waals surface area contributed by atoms with E-state index in [1.165, 1.54) is 30.3 Å². The second kappa shape index (κ2) is 7.09. The van der Waals surface area contributed by atoms with Crippen LogP contribution in [0.1, 0.15) is 34.3 Å². The molecule has 0 aromatic heterocycles. The molecule has 0 amide bonds. The summed E-state index contributed by atoms with van der Waals surface area (Å²) in [6.07, 6.45) is 2.09. The Morgan fingerprint density at radius 3 is 2.65 bits per heavy atom. The van der Waals surface area contributed by atoms with E-state index >= 15 is 0 Å². The van der Waals surface area contributed by atoms with E-state index < -0.39 is 5.92 Å². The number of phenols is 3. The van der Waals surface area contributed by atoms with Crippen LogP contribution in [-0.2, 0) is 6.42 Å². The molecule has 1 aliphatic heterocycles. The highest BCUT2D eigenvalue weighted by Crippen LogP contribution is 2.41. The summed E-state index contributed by atoms with van der Waals surface area (Å²) in [7, 11) is 0. The molecule has 3 rings (SSSR count). The van der Waals surface area contributed by atoms with E-state index in [1.54, 1.807) is 13.0 Å². The van der Waals surface area contributed by atoms with Gasteiger partial charge in [-0.15, -0.1) is 0 Å². The van der Waals surface area contributed by atoms with Gasteiger partial charge in [0.05, 0.1) is 18.1 Å².